The molecular formula is C18H18N6O3. The van der Waals surface area contributed by atoms with Crippen molar-refractivity contribution < 1.29 is 14.0 Å². The van der Waals surface area contributed by atoms with Crippen molar-refractivity contribution in [2.24, 2.45) is 7.05 Å². The number of carbonyl (C=O) groups is 2. The molecule has 0 bridgehead atoms. The van der Waals surface area contributed by atoms with Crippen LogP contribution in [0.2, 0.25) is 0 Å². The monoisotopic (exact) mass is 366 g/mol. The van der Waals surface area contributed by atoms with Gasteiger partial charge in [-0.05, 0) is 18.6 Å². The molecule has 0 atom stereocenters. The molecule has 0 spiro atoms. The van der Waals surface area contributed by atoms with E-state index in [9.17, 15) is 9.59 Å². The lowest BCUT2D eigenvalue weighted by molar-refractivity contribution is 0.0713. The van der Waals surface area contributed by atoms with Crippen molar-refractivity contribution in [3.05, 3.63) is 64.9 Å². The third-order valence-electron chi connectivity index (χ3n) is 4.58. The quantitative estimate of drug-likeness (QED) is 0.744. The molecule has 3 aromatic heterocycles. The summed E-state index contributed by atoms with van der Waals surface area (Å²) < 4.78 is 6.85. The van der Waals surface area contributed by atoms with Gasteiger partial charge in [-0.25, -0.2) is 4.98 Å². The number of nitrogens with zero attached hydrogens (tertiary/aromatic N) is 5. The van der Waals surface area contributed by atoms with Gasteiger partial charge < -0.3 is 14.6 Å². The number of carbonyl (C=O) groups excluding carboxylic acids is 2. The first-order chi connectivity index (χ1) is 13.0. The molecule has 4 rings (SSSR count). The smallest absolute Gasteiger partial charge is 0.292 e. The Morgan fingerprint density at radius 3 is 2.89 bits per heavy atom. The van der Waals surface area contributed by atoms with Gasteiger partial charge in [0.15, 0.2) is 12.1 Å². The maximum atomic E-state index is 12.7. The van der Waals surface area contributed by atoms with Gasteiger partial charge in [0, 0.05) is 31.5 Å². The summed E-state index contributed by atoms with van der Waals surface area (Å²) in [5.74, 6) is -0.304. The first-order valence-electron chi connectivity index (χ1n) is 8.45. The first kappa shape index (κ1) is 17.0. The summed E-state index contributed by atoms with van der Waals surface area (Å²) in [5.41, 5.74) is 3.37. The van der Waals surface area contributed by atoms with Crippen LogP contribution in [0, 0.1) is 6.92 Å². The highest BCUT2D eigenvalue weighted by Crippen LogP contribution is 2.27. The second-order valence-electron chi connectivity index (χ2n) is 6.37. The minimum absolute atomic E-state index is 0.221. The Kier molecular flexibility index (Phi) is 4.19. The molecule has 9 nitrogen and oxygen atoms in total. The second-order valence-corrected chi connectivity index (χ2v) is 6.37. The highest BCUT2D eigenvalue weighted by molar-refractivity contribution is 5.96. The molecule has 0 saturated heterocycles. The number of nitrogens with one attached hydrogen (secondary N) is 1. The van der Waals surface area contributed by atoms with Crippen LogP contribution in [-0.2, 0) is 26.7 Å². The Bertz CT molecular complexity index is 1010. The van der Waals surface area contributed by atoms with Gasteiger partial charge in [0.1, 0.15) is 0 Å². The van der Waals surface area contributed by atoms with E-state index in [4.69, 9.17) is 4.42 Å². The van der Waals surface area contributed by atoms with Crippen molar-refractivity contribution in [1.82, 2.24) is 30.0 Å². The van der Waals surface area contributed by atoms with Gasteiger partial charge in [-0.15, -0.1) is 0 Å². The van der Waals surface area contributed by atoms with Crippen molar-refractivity contribution in [1.29, 1.82) is 0 Å². The fourth-order valence-electron chi connectivity index (χ4n) is 3.14. The zero-order chi connectivity index (χ0) is 19.0. The molecule has 0 aromatic carbocycles. The number of amides is 2. The summed E-state index contributed by atoms with van der Waals surface area (Å²) in [6.07, 6.45) is 4.63. The molecule has 1 N–H and O–H groups in total. The summed E-state index contributed by atoms with van der Waals surface area (Å²) in [6.45, 7) is 2.75. The van der Waals surface area contributed by atoms with Crippen LogP contribution >= 0.6 is 0 Å². The van der Waals surface area contributed by atoms with E-state index in [0.29, 0.717) is 31.0 Å². The molecule has 27 heavy (non-hydrogen) atoms. The van der Waals surface area contributed by atoms with Crippen molar-refractivity contribution in [3.8, 4) is 0 Å². The standard InChI is InChI=1S/C18H18N6O3/c1-11-16(27-10-21-11)18(26)24-8-13-14(9-24)23(2)22-15(13)17(25)20-7-12-4-3-5-19-6-12/h3-6,10H,7-9H2,1-2H3,(H,20,25). The number of aryl methyl sites for hydroxylation is 2. The SMILES string of the molecule is Cc1ncoc1C(=O)N1Cc2c(C(=O)NCc3cccnc3)nn(C)c2C1. The topological polar surface area (TPSA) is 106 Å². The van der Waals surface area contributed by atoms with E-state index < -0.39 is 0 Å². The van der Waals surface area contributed by atoms with Crippen molar-refractivity contribution in [2.45, 2.75) is 26.6 Å². The molecule has 0 fully saturated rings. The molecule has 9 heteroatoms. The molecule has 4 heterocycles. The van der Waals surface area contributed by atoms with Crippen LogP contribution in [0.4, 0.5) is 0 Å². The lowest BCUT2D eigenvalue weighted by Crippen LogP contribution is -2.28. The van der Waals surface area contributed by atoms with Gasteiger partial charge in [-0.3, -0.25) is 19.3 Å². The molecule has 2 amide bonds. The lowest BCUT2D eigenvalue weighted by Gasteiger charge is -2.14. The second kappa shape index (κ2) is 6.67. The van der Waals surface area contributed by atoms with Gasteiger partial charge >= 0.3 is 0 Å². The van der Waals surface area contributed by atoms with Crippen molar-refractivity contribution in [2.75, 3.05) is 0 Å². The molecule has 0 unspecified atom stereocenters. The summed E-state index contributed by atoms with van der Waals surface area (Å²) in [7, 11) is 1.77. The number of fused-ring (bicyclic) bond motifs is 1. The summed E-state index contributed by atoms with van der Waals surface area (Å²) >= 11 is 0. The van der Waals surface area contributed by atoms with E-state index in [1.165, 1.54) is 6.39 Å². The normalized spacial score (nSPS) is 12.9. The Labute approximate surface area is 155 Å². The molecular weight excluding hydrogens is 348 g/mol. The Balaban J connectivity index is 1.50. The number of aromatic nitrogens is 4. The van der Waals surface area contributed by atoms with Crippen molar-refractivity contribution in [3.63, 3.8) is 0 Å². The number of hydrogen-bond acceptors (Lipinski definition) is 6. The molecule has 1 aliphatic heterocycles. The molecule has 138 valence electrons. The average molecular weight is 366 g/mol. The molecule has 1 aliphatic rings. The van der Waals surface area contributed by atoms with E-state index in [2.05, 4.69) is 20.4 Å². The zero-order valence-corrected chi connectivity index (χ0v) is 15.0. The average Bonchev–Trinajstić information content (AvgIpc) is 3.37. The molecule has 0 radical (unpaired) electrons. The van der Waals surface area contributed by atoms with Crippen LogP contribution < -0.4 is 5.32 Å². The summed E-state index contributed by atoms with van der Waals surface area (Å²) in [5, 5.41) is 7.19. The molecule has 0 saturated carbocycles. The number of oxazole rings is 1. The van der Waals surface area contributed by atoms with Crippen LogP contribution in [0.25, 0.3) is 0 Å². The minimum Gasteiger partial charge on any atom is -0.438 e. The van der Waals surface area contributed by atoms with E-state index >= 15 is 0 Å². The van der Waals surface area contributed by atoms with Crippen LogP contribution in [0.5, 0.6) is 0 Å². The fraction of sp³-hybridized carbons (Fsp3) is 0.278. The predicted octanol–water partition coefficient (Wildman–Crippen LogP) is 1.20. The highest BCUT2D eigenvalue weighted by Gasteiger charge is 2.34. The predicted molar refractivity (Wildman–Crippen MR) is 93.4 cm³/mol. The van der Waals surface area contributed by atoms with E-state index in [1.54, 1.807) is 35.9 Å². The maximum absolute atomic E-state index is 12.7. The molecule has 0 aliphatic carbocycles. The third kappa shape index (κ3) is 3.07. The third-order valence-corrected chi connectivity index (χ3v) is 4.58. The lowest BCUT2D eigenvalue weighted by atomic mass is 10.2. The van der Waals surface area contributed by atoms with Crippen LogP contribution in [0.3, 0.4) is 0 Å². The first-order valence-corrected chi connectivity index (χ1v) is 8.45. The highest BCUT2D eigenvalue weighted by atomic mass is 16.3. The Hall–Kier alpha value is -3.49. The number of hydrogen-bond donors (Lipinski definition) is 1. The maximum Gasteiger partial charge on any atom is 0.292 e. The van der Waals surface area contributed by atoms with Gasteiger partial charge in [0.25, 0.3) is 11.8 Å². The van der Waals surface area contributed by atoms with Crippen LogP contribution in [0.1, 0.15) is 43.6 Å². The number of rotatable bonds is 4. The Morgan fingerprint density at radius 2 is 2.19 bits per heavy atom. The van der Waals surface area contributed by atoms with Crippen LogP contribution in [-0.4, -0.2) is 36.5 Å². The summed E-state index contributed by atoms with van der Waals surface area (Å²) in [6, 6.07) is 3.70. The minimum atomic E-state index is -0.277. The fourth-order valence-corrected chi connectivity index (χ4v) is 3.14. The molecule has 3 aromatic rings. The van der Waals surface area contributed by atoms with Gasteiger partial charge in [-0.1, -0.05) is 6.07 Å². The Morgan fingerprint density at radius 1 is 1.33 bits per heavy atom. The summed E-state index contributed by atoms with van der Waals surface area (Å²) in [4.78, 5) is 34.9. The van der Waals surface area contributed by atoms with E-state index in [-0.39, 0.29) is 17.6 Å². The zero-order valence-electron chi connectivity index (χ0n) is 15.0. The van der Waals surface area contributed by atoms with Gasteiger partial charge in [0.2, 0.25) is 5.76 Å². The van der Waals surface area contributed by atoms with Crippen molar-refractivity contribution >= 4 is 11.8 Å². The van der Waals surface area contributed by atoms with Gasteiger partial charge in [0.05, 0.1) is 24.5 Å². The van der Waals surface area contributed by atoms with Gasteiger partial charge in [-0.2, -0.15) is 5.10 Å². The van der Waals surface area contributed by atoms with Crippen LogP contribution in [0.15, 0.2) is 35.3 Å². The van der Waals surface area contributed by atoms with E-state index in [1.807, 2.05) is 12.1 Å². The number of pyridine rings is 1. The van der Waals surface area contributed by atoms with E-state index in [0.717, 1.165) is 16.8 Å². The largest absolute Gasteiger partial charge is 0.438 e.